The van der Waals surface area contributed by atoms with Gasteiger partial charge in [0.1, 0.15) is 6.61 Å². The Morgan fingerprint density at radius 2 is 1.95 bits per heavy atom. The van der Waals surface area contributed by atoms with Crippen LogP contribution in [-0.2, 0) is 35.2 Å². The number of allylic oxidation sites excluding steroid dienone is 4. The van der Waals surface area contributed by atoms with Crippen molar-refractivity contribution in [1.82, 2.24) is 0 Å². The number of carbonyl (C=O) groups excluding carboxylic acids is 3. The van der Waals surface area contributed by atoms with Crippen LogP contribution in [0, 0.1) is 38.7 Å². The lowest BCUT2D eigenvalue weighted by Crippen LogP contribution is -2.63. The average molecular weight is 610 g/mol. The first-order chi connectivity index (χ1) is 20.9. The predicted octanol–water partition coefficient (Wildman–Crippen LogP) is 4.29. The molecule has 0 aromatic heterocycles. The van der Waals surface area contributed by atoms with E-state index < -0.39 is 52.6 Å². The number of benzene rings is 1. The molecule has 1 saturated heterocycles. The SMILES string of the molecule is CCCC1OC2C[C@H]3[C@@H]4CC=C5CC(=O)C=C[C@]5(C)[C@H]4[C@@H](O)C[C@]3(C)[C@]2(C(=O)COC(=O)c2ccc(CO[N+](=O)[O-])cc2)O1. The summed E-state index contributed by atoms with van der Waals surface area (Å²) in [6.07, 6.45) is 7.24. The van der Waals surface area contributed by atoms with E-state index in [-0.39, 0.29) is 41.5 Å². The number of hydrogen-bond acceptors (Lipinski definition) is 10. The lowest BCUT2D eigenvalue weighted by molar-refractivity contribution is -0.763. The van der Waals surface area contributed by atoms with Crippen LogP contribution < -0.4 is 0 Å². The van der Waals surface area contributed by atoms with Crippen LogP contribution in [0.2, 0.25) is 0 Å². The van der Waals surface area contributed by atoms with Gasteiger partial charge in [0.25, 0.3) is 5.09 Å². The quantitative estimate of drug-likeness (QED) is 0.186. The number of carbonyl (C=O) groups is 3. The molecule has 0 bridgehead atoms. The van der Waals surface area contributed by atoms with Gasteiger partial charge in [0, 0.05) is 23.2 Å². The fourth-order valence-electron chi connectivity index (χ4n) is 9.10. The Kier molecular flexibility index (Phi) is 7.78. The molecule has 1 aromatic rings. The van der Waals surface area contributed by atoms with E-state index in [9.17, 15) is 29.6 Å². The van der Waals surface area contributed by atoms with Crippen LogP contribution in [0.5, 0.6) is 0 Å². The molecule has 6 rings (SSSR count). The molecule has 0 amide bonds. The third-order valence-electron chi connectivity index (χ3n) is 11.0. The van der Waals surface area contributed by atoms with Gasteiger partial charge in [-0.15, -0.1) is 10.1 Å². The monoisotopic (exact) mass is 609 g/mol. The van der Waals surface area contributed by atoms with Gasteiger partial charge in [-0.2, -0.15) is 0 Å². The number of aliphatic hydroxyl groups excluding tert-OH is 1. The number of ether oxygens (including phenoxy) is 3. The molecule has 2 unspecified atom stereocenters. The fraction of sp³-hybridized carbons (Fsp3) is 0.606. The van der Waals surface area contributed by atoms with Crippen LogP contribution in [0.25, 0.3) is 0 Å². The van der Waals surface area contributed by atoms with E-state index in [4.69, 9.17) is 14.2 Å². The maximum absolute atomic E-state index is 14.3. The Bertz CT molecular complexity index is 1420. The minimum Gasteiger partial charge on any atom is -0.454 e. The molecule has 1 N–H and O–H groups in total. The second-order valence-corrected chi connectivity index (χ2v) is 13.3. The molecule has 9 atom stereocenters. The number of Topliss-reactive ketones (excluding diaryl/α,β-unsaturated/α-hetero) is 1. The summed E-state index contributed by atoms with van der Waals surface area (Å²) >= 11 is 0. The van der Waals surface area contributed by atoms with Crippen molar-refractivity contribution < 1.29 is 43.6 Å². The highest BCUT2D eigenvalue weighted by Crippen LogP contribution is 2.69. The van der Waals surface area contributed by atoms with Crippen LogP contribution in [0.15, 0.2) is 48.1 Å². The molecular weight excluding hydrogens is 570 g/mol. The van der Waals surface area contributed by atoms with Gasteiger partial charge in [-0.3, -0.25) is 9.59 Å². The van der Waals surface area contributed by atoms with Crippen LogP contribution in [0.1, 0.15) is 75.2 Å². The summed E-state index contributed by atoms with van der Waals surface area (Å²) in [6, 6.07) is 5.96. The molecule has 236 valence electrons. The molecule has 1 heterocycles. The van der Waals surface area contributed by atoms with Gasteiger partial charge in [0.15, 0.2) is 24.3 Å². The molecule has 1 aliphatic heterocycles. The molecule has 4 aliphatic carbocycles. The molecule has 0 radical (unpaired) electrons. The second-order valence-electron chi connectivity index (χ2n) is 13.3. The zero-order chi connectivity index (χ0) is 31.4. The molecular formula is C33H39NO10. The van der Waals surface area contributed by atoms with E-state index in [1.54, 1.807) is 6.08 Å². The van der Waals surface area contributed by atoms with Crippen molar-refractivity contribution in [2.75, 3.05) is 6.61 Å². The Balaban J connectivity index is 1.25. The number of ketones is 2. The van der Waals surface area contributed by atoms with Crippen LogP contribution in [0.3, 0.4) is 0 Å². The van der Waals surface area contributed by atoms with Crippen molar-refractivity contribution in [1.29, 1.82) is 0 Å². The first kappa shape index (κ1) is 30.6. The molecule has 2 saturated carbocycles. The van der Waals surface area contributed by atoms with Gasteiger partial charge < -0.3 is 24.2 Å². The minimum atomic E-state index is -1.39. The maximum atomic E-state index is 14.3. The molecule has 0 spiro atoms. The lowest BCUT2D eigenvalue weighted by Gasteiger charge is -2.59. The van der Waals surface area contributed by atoms with Crippen molar-refractivity contribution in [3.05, 3.63) is 69.3 Å². The van der Waals surface area contributed by atoms with Crippen molar-refractivity contribution >= 4 is 17.5 Å². The van der Waals surface area contributed by atoms with E-state index in [1.165, 1.54) is 24.3 Å². The van der Waals surface area contributed by atoms with Gasteiger partial charge >= 0.3 is 5.97 Å². The van der Waals surface area contributed by atoms with Crippen LogP contribution in [-0.4, -0.2) is 58.4 Å². The smallest absolute Gasteiger partial charge is 0.338 e. The third kappa shape index (κ3) is 4.71. The Hall–Kier alpha value is -3.41. The molecule has 3 fully saturated rings. The summed E-state index contributed by atoms with van der Waals surface area (Å²) < 4.78 is 18.5. The van der Waals surface area contributed by atoms with Gasteiger partial charge in [-0.05, 0) is 61.3 Å². The van der Waals surface area contributed by atoms with E-state index in [0.29, 0.717) is 37.7 Å². The Morgan fingerprint density at radius 3 is 2.66 bits per heavy atom. The van der Waals surface area contributed by atoms with E-state index in [2.05, 4.69) is 17.8 Å². The standard InChI is InChI=1S/C33H39NO10/c1-4-5-28-43-27-15-24-23-11-10-21-14-22(35)12-13-31(21,2)29(23)25(36)16-32(24,3)33(27,44-28)26(37)18-41-30(38)20-8-6-19(7-9-20)17-42-34(39)40/h6-10,12-13,23-25,27-29,36H,4-5,11,14-18H2,1-3H3/t23-,24-,25-,27?,28?,29+,31-,32-,33+/m0/s1. The average Bonchev–Trinajstić information content (AvgIpc) is 3.47. The number of esters is 1. The number of rotatable bonds is 9. The summed E-state index contributed by atoms with van der Waals surface area (Å²) in [5, 5.41) is 21.4. The number of fused-ring (bicyclic) bond motifs is 7. The summed E-state index contributed by atoms with van der Waals surface area (Å²) in [6.45, 7) is 5.36. The van der Waals surface area contributed by atoms with Crippen molar-refractivity contribution in [2.24, 2.45) is 28.6 Å². The van der Waals surface area contributed by atoms with Crippen LogP contribution >= 0.6 is 0 Å². The number of aliphatic hydroxyl groups is 1. The lowest BCUT2D eigenvalue weighted by atomic mass is 9.47. The van der Waals surface area contributed by atoms with Gasteiger partial charge in [-0.25, -0.2) is 4.79 Å². The number of nitrogens with zero attached hydrogens (tertiary/aromatic N) is 1. The van der Waals surface area contributed by atoms with Crippen LogP contribution in [0.4, 0.5) is 0 Å². The van der Waals surface area contributed by atoms with E-state index >= 15 is 0 Å². The minimum absolute atomic E-state index is 0.00212. The third-order valence-corrected chi connectivity index (χ3v) is 11.0. The van der Waals surface area contributed by atoms with Gasteiger partial charge in [-0.1, -0.05) is 57.0 Å². The van der Waals surface area contributed by atoms with Gasteiger partial charge in [0.2, 0.25) is 5.78 Å². The first-order valence-corrected chi connectivity index (χ1v) is 15.4. The zero-order valence-electron chi connectivity index (χ0n) is 25.2. The fourth-order valence-corrected chi connectivity index (χ4v) is 9.10. The topological polar surface area (TPSA) is 152 Å². The molecule has 11 heteroatoms. The number of hydrogen-bond donors (Lipinski definition) is 1. The second kappa shape index (κ2) is 11.2. The van der Waals surface area contributed by atoms with Crippen molar-refractivity contribution in [3.63, 3.8) is 0 Å². The Labute approximate surface area is 255 Å². The van der Waals surface area contributed by atoms with Crippen molar-refractivity contribution in [2.45, 2.75) is 90.0 Å². The summed E-state index contributed by atoms with van der Waals surface area (Å²) in [4.78, 5) is 54.2. The largest absolute Gasteiger partial charge is 0.454 e. The van der Waals surface area contributed by atoms with E-state index in [0.717, 1.165) is 12.0 Å². The van der Waals surface area contributed by atoms with Gasteiger partial charge in [0.05, 0.1) is 17.8 Å². The summed E-state index contributed by atoms with van der Waals surface area (Å²) in [7, 11) is 0. The Morgan fingerprint density at radius 1 is 1.20 bits per heavy atom. The normalized spacial score (nSPS) is 38.5. The molecule has 1 aromatic carbocycles. The van der Waals surface area contributed by atoms with E-state index in [1.807, 2.05) is 19.9 Å². The molecule has 44 heavy (non-hydrogen) atoms. The molecule has 11 nitrogen and oxygen atoms in total. The van der Waals surface area contributed by atoms with Crippen molar-refractivity contribution in [3.8, 4) is 0 Å². The molecule has 5 aliphatic rings. The summed E-state index contributed by atoms with van der Waals surface area (Å²) in [5.74, 6) is -1.10. The highest BCUT2D eigenvalue weighted by molar-refractivity contribution is 5.95. The maximum Gasteiger partial charge on any atom is 0.338 e. The highest BCUT2D eigenvalue weighted by Gasteiger charge is 2.75. The predicted molar refractivity (Wildman–Crippen MR) is 154 cm³/mol. The first-order valence-electron chi connectivity index (χ1n) is 15.4. The zero-order valence-corrected chi connectivity index (χ0v) is 25.2. The summed E-state index contributed by atoms with van der Waals surface area (Å²) in [5.41, 5.74) is -0.872. The highest BCUT2D eigenvalue weighted by atomic mass is 16.9.